The minimum absolute atomic E-state index is 0.0594. The lowest BCUT2D eigenvalue weighted by Crippen LogP contribution is -2.61. The summed E-state index contributed by atoms with van der Waals surface area (Å²) in [5.41, 5.74) is 0. The van der Waals surface area contributed by atoms with E-state index in [1.165, 1.54) is 167 Å². The van der Waals surface area contributed by atoms with Gasteiger partial charge < -0.3 is 64.2 Å². The van der Waals surface area contributed by atoms with Gasteiger partial charge in [0.1, 0.15) is 54.9 Å². The molecule has 2 saturated heterocycles. The molecular formula is C63H116O14. The predicted octanol–water partition coefficient (Wildman–Crippen LogP) is 12.1. The summed E-state index contributed by atoms with van der Waals surface area (Å²) in [6, 6.07) is 0. The summed E-state index contributed by atoms with van der Waals surface area (Å²) in [5, 5.41) is 72.4. The van der Waals surface area contributed by atoms with Crippen LogP contribution in [0.3, 0.4) is 0 Å². The third-order valence-corrected chi connectivity index (χ3v) is 15.2. The van der Waals surface area contributed by atoms with Crippen LogP contribution in [-0.2, 0) is 33.2 Å². The highest BCUT2D eigenvalue weighted by Gasteiger charge is 2.47. The van der Waals surface area contributed by atoms with E-state index in [4.69, 9.17) is 28.4 Å². The second-order valence-electron chi connectivity index (χ2n) is 22.2. The average molecular weight is 1100 g/mol. The standard InChI is InChI=1S/C63H116O14/c1-3-5-7-9-11-13-15-17-19-21-23-24-25-26-27-28-29-30-32-34-36-38-40-42-44-46-55(65)75-52(49-72-47-45-43-41-39-37-35-33-31-22-20-18-16-14-12-10-8-6-4-2)50-73-62-61(71)59(69)57(67)54(77-62)51-74-63-60(70)58(68)56(66)53(48-64)76-63/h6,8,12,14,18,20,52-54,56-64,66-71H,3-5,7,9-11,13,15-17,19,21-51H2,1-2H3/b8-6-,14-12-,20-18-. The van der Waals surface area contributed by atoms with Crippen molar-refractivity contribution in [3.05, 3.63) is 36.5 Å². The largest absolute Gasteiger partial charge is 0.457 e. The van der Waals surface area contributed by atoms with E-state index in [1.54, 1.807) is 0 Å². The van der Waals surface area contributed by atoms with Crippen LogP contribution in [-0.4, -0.2) is 142 Å². The molecule has 0 aliphatic carbocycles. The van der Waals surface area contributed by atoms with E-state index in [1.807, 2.05) is 0 Å². The quantitative estimate of drug-likeness (QED) is 0.0172. The van der Waals surface area contributed by atoms with E-state index in [2.05, 4.69) is 50.3 Å². The number of aliphatic hydroxyl groups is 7. The number of carbonyl (C=O) groups is 1. The zero-order chi connectivity index (χ0) is 55.8. The second-order valence-corrected chi connectivity index (χ2v) is 22.2. The van der Waals surface area contributed by atoms with Gasteiger partial charge in [0.25, 0.3) is 0 Å². The third kappa shape index (κ3) is 36.3. The molecule has 14 nitrogen and oxygen atoms in total. The van der Waals surface area contributed by atoms with Crippen molar-refractivity contribution in [1.29, 1.82) is 0 Å². The lowest BCUT2D eigenvalue weighted by Gasteiger charge is -2.42. The van der Waals surface area contributed by atoms with Crippen molar-refractivity contribution in [3.8, 4) is 0 Å². The molecule has 2 aliphatic rings. The van der Waals surface area contributed by atoms with Crippen LogP contribution in [0.5, 0.6) is 0 Å². The topological polar surface area (TPSA) is 214 Å². The van der Waals surface area contributed by atoms with Gasteiger partial charge in [0.05, 0.1) is 26.4 Å². The molecular weight excluding hydrogens is 981 g/mol. The first-order chi connectivity index (χ1) is 37.6. The molecule has 14 heteroatoms. The predicted molar refractivity (Wildman–Crippen MR) is 307 cm³/mol. The summed E-state index contributed by atoms with van der Waals surface area (Å²) < 4.78 is 34.5. The molecule has 0 saturated carbocycles. The van der Waals surface area contributed by atoms with Gasteiger partial charge >= 0.3 is 5.97 Å². The maximum Gasteiger partial charge on any atom is 0.306 e. The number of rotatable bonds is 52. The first-order valence-electron chi connectivity index (χ1n) is 31.6. The molecule has 0 aromatic heterocycles. The Balaban J connectivity index is 1.66. The SMILES string of the molecule is CC/C=C\C/C=C\C/C=C\CCCCCCCCCCOCC(COC1OC(COC2OC(CO)C(O)C(O)C2O)C(O)C(O)C1O)OC(=O)CCCCCCCCCCCCCCCCCCCCCCCCCCC. The molecule has 77 heavy (non-hydrogen) atoms. The van der Waals surface area contributed by atoms with Crippen LogP contribution in [0.25, 0.3) is 0 Å². The summed E-state index contributed by atoms with van der Waals surface area (Å²) in [7, 11) is 0. The Kier molecular flexibility index (Phi) is 46.3. The molecule has 0 spiro atoms. The molecule has 2 rings (SSSR count). The zero-order valence-electron chi connectivity index (χ0n) is 48.7. The number of unbranched alkanes of at least 4 members (excludes halogenated alkanes) is 32. The summed E-state index contributed by atoms with van der Waals surface area (Å²) in [6.45, 7) is 3.61. The van der Waals surface area contributed by atoms with Crippen molar-refractivity contribution in [2.75, 3.05) is 33.0 Å². The van der Waals surface area contributed by atoms with Crippen LogP contribution in [0.2, 0.25) is 0 Å². The molecule has 2 aliphatic heterocycles. The molecule has 2 heterocycles. The number of aliphatic hydroxyl groups excluding tert-OH is 7. The fourth-order valence-corrected chi connectivity index (χ4v) is 10.1. The lowest BCUT2D eigenvalue weighted by molar-refractivity contribution is -0.332. The molecule has 7 N–H and O–H groups in total. The number of esters is 1. The van der Waals surface area contributed by atoms with Gasteiger partial charge in [-0.25, -0.2) is 0 Å². The number of hydrogen-bond donors (Lipinski definition) is 7. The van der Waals surface area contributed by atoms with Gasteiger partial charge in [-0.3, -0.25) is 4.79 Å². The fraction of sp³-hybridized carbons (Fsp3) is 0.889. The van der Waals surface area contributed by atoms with Crippen molar-refractivity contribution >= 4 is 5.97 Å². The minimum atomic E-state index is -1.71. The molecule has 11 unspecified atom stereocenters. The van der Waals surface area contributed by atoms with Crippen LogP contribution in [0.15, 0.2) is 36.5 Å². The lowest BCUT2D eigenvalue weighted by atomic mass is 9.98. The Morgan fingerprint density at radius 3 is 1.32 bits per heavy atom. The number of carbonyl (C=O) groups excluding carboxylic acids is 1. The number of ether oxygens (including phenoxy) is 6. The van der Waals surface area contributed by atoms with Crippen LogP contribution < -0.4 is 0 Å². The smallest absolute Gasteiger partial charge is 0.306 e. The molecule has 0 radical (unpaired) electrons. The molecule has 11 atom stereocenters. The number of allylic oxidation sites excluding steroid dienone is 6. The van der Waals surface area contributed by atoms with Crippen LogP contribution in [0.4, 0.5) is 0 Å². The monoisotopic (exact) mass is 1100 g/mol. The van der Waals surface area contributed by atoms with Crippen molar-refractivity contribution in [2.45, 2.75) is 325 Å². The van der Waals surface area contributed by atoms with Gasteiger partial charge in [0, 0.05) is 13.0 Å². The summed E-state index contributed by atoms with van der Waals surface area (Å²) in [4.78, 5) is 13.1. The molecule has 0 aromatic carbocycles. The highest BCUT2D eigenvalue weighted by atomic mass is 16.7. The van der Waals surface area contributed by atoms with Crippen LogP contribution >= 0.6 is 0 Å². The van der Waals surface area contributed by atoms with E-state index >= 15 is 0 Å². The van der Waals surface area contributed by atoms with Gasteiger partial charge in [-0.05, 0) is 44.9 Å². The van der Waals surface area contributed by atoms with Gasteiger partial charge in [0.2, 0.25) is 0 Å². The Morgan fingerprint density at radius 1 is 0.442 bits per heavy atom. The van der Waals surface area contributed by atoms with Crippen LogP contribution in [0, 0.1) is 0 Å². The van der Waals surface area contributed by atoms with Crippen molar-refractivity contribution in [3.63, 3.8) is 0 Å². The van der Waals surface area contributed by atoms with Gasteiger partial charge in [-0.1, -0.05) is 243 Å². The molecule has 0 aromatic rings. The van der Waals surface area contributed by atoms with Crippen LogP contribution in [0.1, 0.15) is 258 Å². The molecule has 2 fully saturated rings. The van der Waals surface area contributed by atoms with E-state index in [-0.39, 0.29) is 25.6 Å². The maximum atomic E-state index is 13.1. The Hall–Kier alpha value is -1.79. The first kappa shape index (κ1) is 71.3. The van der Waals surface area contributed by atoms with E-state index < -0.39 is 80.7 Å². The average Bonchev–Trinajstić information content (AvgIpc) is 3.43. The zero-order valence-corrected chi connectivity index (χ0v) is 48.7. The van der Waals surface area contributed by atoms with Crippen molar-refractivity contribution in [2.24, 2.45) is 0 Å². The van der Waals surface area contributed by atoms with E-state index in [0.717, 1.165) is 64.2 Å². The molecule has 0 amide bonds. The summed E-state index contributed by atoms with van der Waals surface area (Å²) >= 11 is 0. The molecule has 452 valence electrons. The number of hydrogen-bond acceptors (Lipinski definition) is 14. The summed E-state index contributed by atoms with van der Waals surface area (Å²) in [6.07, 6.45) is 43.6. The second kappa shape index (κ2) is 50.0. The summed E-state index contributed by atoms with van der Waals surface area (Å²) in [5.74, 6) is -0.373. The van der Waals surface area contributed by atoms with Gasteiger partial charge in [-0.2, -0.15) is 0 Å². The van der Waals surface area contributed by atoms with E-state index in [0.29, 0.717) is 13.0 Å². The Bertz CT molecular complexity index is 1410. The maximum absolute atomic E-state index is 13.1. The van der Waals surface area contributed by atoms with E-state index in [9.17, 15) is 40.5 Å². The Labute approximate surface area is 468 Å². The Morgan fingerprint density at radius 2 is 0.844 bits per heavy atom. The normalized spacial score (nSPS) is 24.5. The minimum Gasteiger partial charge on any atom is -0.457 e. The highest BCUT2D eigenvalue weighted by Crippen LogP contribution is 2.27. The van der Waals surface area contributed by atoms with Gasteiger partial charge in [-0.15, -0.1) is 0 Å². The third-order valence-electron chi connectivity index (χ3n) is 15.2. The highest BCUT2D eigenvalue weighted by molar-refractivity contribution is 5.69. The van der Waals surface area contributed by atoms with Gasteiger partial charge in [0.15, 0.2) is 12.6 Å². The fourth-order valence-electron chi connectivity index (χ4n) is 10.1. The first-order valence-corrected chi connectivity index (χ1v) is 31.6. The van der Waals surface area contributed by atoms with Crippen molar-refractivity contribution < 1.29 is 69.0 Å². The molecule has 0 bridgehead atoms. The van der Waals surface area contributed by atoms with Crippen molar-refractivity contribution in [1.82, 2.24) is 0 Å².